The molecule has 0 atom stereocenters. The minimum Gasteiger partial charge on any atom is -0.459 e. The zero-order chi connectivity index (χ0) is 15.1. The molecule has 2 aromatic heterocycles. The van der Waals surface area contributed by atoms with Gasteiger partial charge in [-0.25, -0.2) is 0 Å². The SMILES string of the molecule is CC(=O)N(CCNC(=O)c1ccco1)Cc1ccccn1. The largest absolute Gasteiger partial charge is 0.459 e. The second-order valence-electron chi connectivity index (χ2n) is 4.49. The second-order valence-corrected chi connectivity index (χ2v) is 4.49. The first-order valence-electron chi connectivity index (χ1n) is 6.64. The Bertz CT molecular complexity index is 581. The standard InChI is InChI=1S/C15H17N3O3/c1-12(19)18(11-13-5-2-3-7-16-13)9-8-17-15(20)14-6-4-10-21-14/h2-7,10H,8-9,11H2,1H3,(H,17,20). The Morgan fingerprint density at radius 2 is 2.14 bits per heavy atom. The maximum absolute atomic E-state index is 11.7. The molecule has 1 N–H and O–H groups in total. The Balaban J connectivity index is 1.83. The molecule has 0 spiro atoms. The van der Waals surface area contributed by atoms with E-state index in [4.69, 9.17) is 4.42 Å². The Kier molecular flexibility index (Phi) is 5.09. The molecule has 2 rings (SSSR count). The van der Waals surface area contributed by atoms with Crippen molar-refractivity contribution < 1.29 is 14.0 Å². The highest BCUT2D eigenvalue weighted by molar-refractivity contribution is 5.91. The van der Waals surface area contributed by atoms with Crippen molar-refractivity contribution in [1.29, 1.82) is 0 Å². The Hall–Kier alpha value is -2.63. The van der Waals surface area contributed by atoms with Gasteiger partial charge in [0.25, 0.3) is 5.91 Å². The molecule has 0 unspecified atom stereocenters. The van der Waals surface area contributed by atoms with Crippen LogP contribution in [0.4, 0.5) is 0 Å². The van der Waals surface area contributed by atoms with Crippen LogP contribution in [-0.2, 0) is 11.3 Å². The van der Waals surface area contributed by atoms with E-state index < -0.39 is 0 Å². The summed E-state index contributed by atoms with van der Waals surface area (Å²) in [5.74, 6) is -0.0941. The first-order valence-corrected chi connectivity index (χ1v) is 6.64. The van der Waals surface area contributed by atoms with E-state index >= 15 is 0 Å². The maximum Gasteiger partial charge on any atom is 0.287 e. The monoisotopic (exact) mass is 287 g/mol. The first-order chi connectivity index (χ1) is 10.2. The van der Waals surface area contributed by atoms with Crippen LogP contribution in [0.5, 0.6) is 0 Å². The lowest BCUT2D eigenvalue weighted by Gasteiger charge is -2.20. The lowest BCUT2D eigenvalue weighted by atomic mass is 10.3. The number of hydrogen-bond donors (Lipinski definition) is 1. The molecule has 0 aromatic carbocycles. The minimum absolute atomic E-state index is 0.0621. The van der Waals surface area contributed by atoms with Crippen molar-refractivity contribution in [2.45, 2.75) is 13.5 Å². The molecule has 0 saturated carbocycles. The summed E-state index contributed by atoms with van der Waals surface area (Å²) in [6.45, 7) is 2.69. The molecular weight excluding hydrogens is 270 g/mol. The molecule has 0 bridgehead atoms. The number of carbonyl (C=O) groups excluding carboxylic acids is 2. The third kappa shape index (κ3) is 4.45. The van der Waals surface area contributed by atoms with Gasteiger partial charge in [0.05, 0.1) is 18.5 Å². The zero-order valence-corrected chi connectivity index (χ0v) is 11.8. The predicted octanol–water partition coefficient (Wildman–Crippen LogP) is 1.45. The Labute approximate surface area is 122 Å². The molecule has 0 aliphatic heterocycles. The molecule has 2 heterocycles. The van der Waals surface area contributed by atoms with Crippen LogP contribution in [0.3, 0.4) is 0 Å². The van der Waals surface area contributed by atoms with Gasteiger partial charge < -0.3 is 14.6 Å². The van der Waals surface area contributed by atoms with Crippen LogP contribution in [0, 0.1) is 0 Å². The van der Waals surface area contributed by atoms with Crippen LogP contribution in [0.15, 0.2) is 47.2 Å². The van der Waals surface area contributed by atoms with Crippen molar-refractivity contribution in [2.24, 2.45) is 0 Å². The summed E-state index contributed by atoms with van der Waals surface area (Å²) >= 11 is 0. The van der Waals surface area contributed by atoms with Crippen LogP contribution in [0.1, 0.15) is 23.2 Å². The highest BCUT2D eigenvalue weighted by Crippen LogP contribution is 2.02. The van der Waals surface area contributed by atoms with E-state index in [2.05, 4.69) is 10.3 Å². The fourth-order valence-corrected chi connectivity index (χ4v) is 1.83. The van der Waals surface area contributed by atoms with E-state index in [1.165, 1.54) is 13.2 Å². The molecule has 2 aromatic rings. The Morgan fingerprint density at radius 3 is 2.76 bits per heavy atom. The highest BCUT2D eigenvalue weighted by atomic mass is 16.3. The molecule has 2 amide bonds. The quantitative estimate of drug-likeness (QED) is 0.872. The van der Waals surface area contributed by atoms with Gasteiger partial charge in [0.1, 0.15) is 0 Å². The molecular formula is C15H17N3O3. The number of nitrogens with zero attached hydrogens (tertiary/aromatic N) is 2. The van der Waals surface area contributed by atoms with E-state index in [0.717, 1.165) is 5.69 Å². The number of rotatable bonds is 6. The Morgan fingerprint density at radius 1 is 1.29 bits per heavy atom. The van der Waals surface area contributed by atoms with Crippen LogP contribution in [0.2, 0.25) is 0 Å². The summed E-state index contributed by atoms with van der Waals surface area (Å²) in [7, 11) is 0. The van der Waals surface area contributed by atoms with Crippen LogP contribution in [0.25, 0.3) is 0 Å². The predicted molar refractivity (Wildman–Crippen MR) is 76.4 cm³/mol. The van der Waals surface area contributed by atoms with Crippen LogP contribution in [-0.4, -0.2) is 34.8 Å². The maximum atomic E-state index is 11.7. The van der Waals surface area contributed by atoms with E-state index in [-0.39, 0.29) is 17.6 Å². The van der Waals surface area contributed by atoms with Crippen LogP contribution < -0.4 is 5.32 Å². The molecule has 0 fully saturated rings. The molecule has 0 radical (unpaired) electrons. The number of amides is 2. The van der Waals surface area contributed by atoms with Crippen molar-refractivity contribution >= 4 is 11.8 Å². The topological polar surface area (TPSA) is 75.4 Å². The normalized spacial score (nSPS) is 10.1. The minimum atomic E-state index is -0.290. The van der Waals surface area contributed by atoms with E-state index in [9.17, 15) is 9.59 Å². The van der Waals surface area contributed by atoms with E-state index in [1.54, 1.807) is 23.2 Å². The lowest BCUT2D eigenvalue weighted by molar-refractivity contribution is -0.129. The summed E-state index contributed by atoms with van der Waals surface area (Å²) in [4.78, 5) is 29.1. The third-order valence-electron chi connectivity index (χ3n) is 2.94. The smallest absolute Gasteiger partial charge is 0.287 e. The van der Waals surface area contributed by atoms with Gasteiger partial charge in [-0.05, 0) is 24.3 Å². The molecule has 0 saturated heterocycles. The average molecular weight is 287 g/mol. The van der Waals surface area contributed by atoms with Crippen LogP contribution >= 0.6 is 0 Å². The summed E-state index contributed by atoms with van der Waals surface area (Å²) in [6, 6.07) is 8.80. The van der Waals surface area contributed by atoms with Gasteiger partial charge in [0.2, 0.25) is 5.91 Å². The average Bonchev–Trinajstić information content (AvgIpc) is 3.01. The zero-order valence-electron chi connectivity index (χ0n) is 11.8. The number of pyridine rings is 1. The van der Waals surface area contributed by atoms with E-state index in [1.807, 2.05) is 18.2 Å². The number of hydrogen-bond acceptors (Lipinski definition) is 4. The summed E-state index contributed by atoms with van der Waals surface area (Å²) in [5.41, 5.74) is 0.810. The third-order valence-corrected chi connectivity index (χ3v) is 2.94. The number of nitrogens with one attached hydrogen (secondary N) is 1. The van der Waals surface area contributed by atoms with Crippen molar-refractivity contribution in [1.82, 2.24) is 15.2 Å². The van der Waals surface area contributed by atoms with Gasteiger partial charge in [-0.15, -0.1) is 0 Å². The first kappa shape index (κ1) is 14.8. The molecule has 21 heavy (non-hydrogen) atoms. The van der Waals surface area contributed by atoms with Gasteiger partial charge in [-0.2, -0.15) is 0 Å². The van der Waals surface area contributed by atoms with Gasteiger partial charge in [-0.1, -0.05) is 6.07 Å². The fourth-order valence-electron chi connectivity index (χ4n) is 1.83. The molecule has 0 aliphatic carbocycles. The highest BCUT2D eigenvalue weighted by Gasteiger charge is 2.12. The van der Waals surface area contributed by atoms with Crippen molar-refractivity contribution in [2.75, 3.05) is 13.1 Å². The molecule has 6 heteroatoms. The van der Waals surface area contributed by atoms with Gasteiger partial charge in [-0.3, -0.25) is 14.6 Å². The lowest BCUT2D eigenvalue weighted by Crippen LogP contribution is -2.37. The van der Waals surface area contributed by atoms with Gasteiger partial charge >= 0.3 is 0 Å². The number of furan rings is 1. The molecule has 6 nitrogen and oxygen atoms in total. The van der Waals surface area contributed by atoms with Gasteiger partial charge in [0, 0.05) is 26.2 Å². The van der Waals surface area contributed by atoms with Gasteiger partial charge in [0.15, 0.2) is 5.76 Å². The molecule has 0 aliphatic rings. The summed E-state index contributed by atoms with van der Waals surface area (Å²) in [5, 5.41) is 2.71. The van der Waals surface area contributed by atoms with Crippen molar-refractivity contribution in [3.63, 3.8) is 0 Å². The summed E-state index contributed by atoms with van der Waals surface area (Å²) < 4.78 is 4.99. The fraction of sp³-hybridized carbons (Fsp3) is 0.267. The van der Waals surface area contributed by atoms with E-state index in [0.29, 0.717) is 19.6 Å². The molecule has 110 valence electrons. The second kappa shape index (κ2) is 7.23. The number of carbonyl (C=O) groups is 2. The van der Waals surface area contributed by atoms with Crippen molar-refractivity contribution in [3.05, 3.63) is 54.2 Å². The number of aromatic nitrogens is 1. The summed E-state index contributed by atoms with van der Waals surface area (Å²) in [6.07, 6.45) is 3.13. The van der Waals surface area contributed by atoms with Crippen molar-refractivity contribution in [3.8, 4) is 0 Å².